The average molecular weight is 289 g/mol. The Balaban J connectivity index is 1.95. The zero-order valence-electron chi connectivity index (χ0n) is 12.0. The lowest BCUT2D eigenvalue weighted by atomic mass is 10.3. The quantitative estimate of drug-likeness (QED) is 0.849. The summed E-state index contributed by atoms with van der Waals surface area (Å²) in [6.45, 7) is 1.93. The van der Waals surface area contributed by atoms with Crippen LogP contribution in [0, 0.1) is 0 Å². The molecule has 0 radical (unpaired) electrons. The molecule has 0 spiro atoms. The number of para-hydroxylation sites is 1. The maximum Gasteiger partial charge on any atom is 0.234 e. The van der Waals surface area contributed by atoms with Gasteiger partial charge in [0, 0.05) is 26.0 Å². The first kappa shape index (κ1) is 14.7. The van der Waals surface area contributed by atoms with Gasteiger partial charge in [0.05, 0.1) is 16.6 Å². The smallest absolute Gasteiger partial charge is 0.234 e. The summed E-state index contributed by atoms with van der Waals surface area (Å²) in [6.07, 6.45) is 1.95. The molecule has 0 fully saturated rings. The molecule has 0 aliphatic rings. The third kappa shape index (κ3) is 3.63. The molecule has 1 heterocycles. The Morgan fingerprint density at radius 1 is 1.30 bits per heavy atom. The summed E-state index contributed by atoms with van der Waals surface area (Å²) in [4.78, 5) is 13.4. The summed E-state index contributed by atoms with van der Waals surface area (Å²) in [5.74, 6) is 0.873. The van der Waals surface area contributed by atoms with Gasteiger partial charge < -0.3 is 4.90 Å². The van der Waals surface area contributed by atoms with E-state index >= 15 is 0 Å². The second-order valence-electron chi connectivity index (χ2n) is 4.77. The molecular formula is C15H19N3OS. The first-order valence-corrected chi connectivity index (χ1v) is 7.55. The van der Waals surface area contributed by atoms with Crippen molar-refractivity contribution in [2.45, 2.75) is 17.9 Å². The molecule has 106 valence electrons. The highest BCUT2D eigenvalue weighted by molar-refractivity contribution is 7.99. The molecule has 0 aliphatic carbocycles. The van der Waals surface area contributed by atoms with Crippen molar-refractivity contribution in [2.75, 3.05) is 14.1 Å². The molecule has 1 aromatic heterocycles. The largest absolute Gasteiger partial charge is 0.348 e. The van der Waals surface area contributed by atoms with Gasteiger partial charge in [0.1, 0.15) is 0 Å². The molecule has 1 amide bonds. The van der Waals surface area contributed by atoms with Crippen molar-refractivity contribution in [2.24, 2.45) is 0 Å². The van der Waals surface area contributed by atoms with Crippen molar-refractivity contribution in [1.29, 1.82) is 0 Å². The van der Waals surface area contributed by atoms with Gasteiger partial charge in [-0.15, -0.1) is 11.8 Å². The molecule has 0 bridgehead atoms. The number of hydrogen-bond acceptors (Lipinski definition) is 3. The highest BCUT2D eigenvalue weighted by Crippen LogP contribution is 2.18. The molecule has 1 aromatic carbocycles. The summed E-state index contributed by atoms with van der Waals surface area (Å²) in [6, 6.07) is 12.0. The molecule has 2 rings (SSSR count). The van der Waals surface area contributed by atoms with Crippen LogP contribution in [0.25, 0.3) is 5.69 Å². The van der Waals surface area contributed by atoms with Crippen LogP contribution < -0.4 is 0 Å². The number of thioether (sulfide) groups is 1. The van der Waals surface area contributed by atoms with Crippen molar-refractivity contribution in [3.05, 3.63) is 48.3 Å². The van der Waals surface area contributed by atoms with E-state index in [4.69, 9.17) is 0 Å². The second-order valence-corrected chi connectivity index (χ2v) is 6.10. The van der Waals surface area contributed by atoms with E-state index in [9.17, 15) is 4.79 Å². The number of benzene rings is 1. The number of carbonyl (C=O) groups is 1. The Hall–Kier alpha value is -1.75. The van der Waals surface area contributed by atoms with Crippen LogP contribution in [0.15, 0.2) is 42.6 Å². The van der Waals surface area contributed by atoms with Gasteiger partial charge in [-0.05, 0) is 25.1 Å². The molecule has 1 unspecified atom stereocenters. The fourth-order valence-electron chi connectivity index (χ4n) is 1.81. The van der Waals surface area contributed by atoms with Gasteiger partial charge in [-0.3, -0.25) is 4.79 Å². The van der Waals surface area contributed by atoms with Gasteiger partial charge in [-0.2, -0.15) is 5.10 Å². The third-order valence-electron chi connectivity index (χ3n) is 2.93. The Bertz CT molecular complexity index is 566. The zero-order chi connectivity index (χ0) is 14.5. The summed E-state index contributed by atoms with van der Waals surface area (Å²) in [5.41, 5.74) is 2.03. The van der Waals surface area contributed by atoms with E-state index in [-0.39, 0.29) is 11.2 Å². The van der Waals surface area contributed by atoms with Gasteiger partial charge in [-0.25, -0.2) is 4.68 Å². The van der Waals surface area contributed by atoms with Crippen LogP contribution in [0.1, 0.15) is 12.6 Å². The van der Waals surface area contributed by atoms with Crippen molar-refractivity contribution in [3.8, 4) is 5.69 Å². The number of rotatable bonds is 5. The monoisotopic (exact) mass is 289 g/mol. The fourth-order valence-corrected chi connectivity index (χ4v) is 2.74. The number of amides is 1. The van der Waals surface area contributed by atoms with Gasteiger partial charge in [0.15, 0.2) is 0 Å². The van der Waals surface area contributed by atoms with Crippen LogP contribution in [0.2, 0.25) is 0 Å². The summed E-state index contributed by atoms with van der Waals surface area (Å²) < 4.78 is 1.86. The van der Waals surface area contributed by atoms with E-state index in [1.807, 2.05) is 54.2 Å². The van der Waals surface area contributed by atoms with E-state index in [0.29, 0.717) is 0 Å². The first-order valence-electron chi connectivity index (χ1n) is 6.50. The van der Waals surface area contributed by atoms with Gasteiger partial charge >= 0.3 is 0 Å². The van der Waals surface area contributed by atoms with Crippen LogP contribution in [0.5, 0.6) is 0 Å². The molecule has 0 saturated heterocycles. The molecule has 1 atom stereocenters. The topological polar surface area (TPSA) is 38.1 Å². The van der Waals surface area contributed by atoms with Crippen LogP contribution in [-0.4, -0.2) is 39.9 Å². The Labute approximate surface area is 123 Å². The second kappa shape index (κ2) is 6.61. The zero-order valence-corrected chi connectivity index (χ0v) is 12.8. The minimum atomic E-state index is -0.0492. The third-order valence-corrected chi connectivity index (χ3v) is 4.10. The number of aromatic nitrogens is 2. The van der Waals surface area contributed by atoms with Crippen molar-refractivity contribution >= 4 is 17.7 Å². The Kier molecular flexibility index (Phi) is 4.84. The number of hydrogen-bond donors (Lipinski definition) is 0. The van der Waals surface area contributed by atoms with Gasteiger partial charge in [0.25, 0.3) is 0 Å². The van der Waals surface area contributed by atoms with E-state index in [1.54, 1.807) is 30.8 Å². The summed E-state index contributed by atoms with van der Waals surface area (Å²) >= 11 is 1.61. The SMILES string of the molecule is CC(SCc1ccn(-c2ccccc2)n1)C(=O)N(C)C. The minimum absolute atomic E-state index is 0.0492. The molecule has 0 N–H and O–H groups in total. The van der Waals surface area contributed by atoms with Crippen LogP contribution >= 0.6 is 11.8 Å². The minimum Gasteiger partial charge on any atom is -0.348 e. The molecule has 20 heavy (non-hydrogen) atoms. The summed E-state index contributed by atoms with van der Waals surface area (Å²) in [7, 11) is 3.56. The standard InChI is InChI=1S/C15H19N3OS/c1-12(15(19)17(2)3)20-11-13-9-10-18(16-13)14-7-5-4-6-8-14/h4-10,12H,11H2,1-3H3. The Morgan fingerprint density at radius 2 is 2.00 bits per heavy atom. The maximum atomic E-state index is 11.8. The maximum absolute atomic E-state index is 11.8. The predicted octanol–water partition coefficient (Wildman–Crippen LogP) is 2.58. The lowest BCUT2D eigenvalue weighted by Gasteiger charge is -2.15. The number of nitrogens with zero attached hydrogens (tertiary/aromatic N) is 3. The predicted molar refractivity (Wildman–Crippen MR) is 83.0 cm³/mol. The van der Waals surface area contributed by atoms with E-state index < -0.39 is 0 Å². The number of carbonyl (C=O) groups excluding carboxylic acids is 1. The van der Waals surface area contributed by atoms with E-state index in [2.05, 4.69) is 5.10 Å². The highest BCUT2D eigenvalue weighted by Gasteiger charge is 2.15. The molecule has 0 saturated carbocycles. The summed E-state index contributed by atoms with van der Waals surface area (Å²) in [5, 5.41) is 4.48. The van der Waals surface area contributed by atoms with Crippen LogP contribution in [0.3, 0.4) is 0 Å². The Morgan fingerprint density at radius 3 is 2.65 bits per heavy atom. The highest BCUT2D eigenvalue weighted by atomic mass is 32.2. The average Bonchev–Trinajstić information content (AvgIpc) is 2.93. The lowest BCUT2D eigenvalue weighted by molar-refractivity contribution is -0.127. The molecular weight excluding hydrogens is 270 g/mol. The van der Waals surface area contributed by atoms with Gasteiger partial charge in [0.2, 0.25) is 5.91 Å². The molecule has 0 aliphatic heterocycles. The van der Waals surface area contributed by atoms with Gasteiger partial charge in [-0.1, -0.05) is 18.2 Å². The van der Waals surface area contributed by atoms with Crippen molar-refractivity contribution < 1.29 is 4.79 Å². The van der Waals surface area contributed by atoms with E-state index in [0.717, 1.165) is 17.1 Å². The van der Waals surface area contributed by atoms with Crippen molar-refractivity contribution in [1.82, 2.24) is 14.7 Å². The lowest BCUT2D eigenvalue weighted by Crippen LogP contribution is -2.29. The molecule has 5 heteroatoms. The van der Waals surface area contributed by atoms with Crippen LogP contribution in [-0.2, 0) is 10.5 Å². The van der Waals surface area contributed by atoms with Crippen LogP contribution in [0.4, 0.5) is 0 Å². The molecule has 4 nitrogen and oxygen atoms in total. The first-order chi connectivity index (χ1) is 9.58. The molecule has 2 aromatic rings. The van der Waals surface area contributed by atoms with E-state index in [1.165, 1.54) is 0 Å². The fraction of sp³-hybridized carbons (Fsp3) is 0.333. The normalized spacial score (nSPS) is 12.2. The van der Waals surface area contributed by atoms with Crippen molar-refractivity contribution in [3.63, 3.8) is 0 Å².